The first-order valence-corrected chi connectivity index (χ1v) is 11.1. The molecule has 0 N–H and O–H groups in total. The van der Waals surface area contributed by atoms with Crippen LogP contribution in [0.15, 0.2) is 29.1 Å². The van der Waals surface area contributed by atoms with Gasteiger partial charge in [-0.3, -0.25) is 9.59 Å². The Hall–Kier alpha value is -3.03. The smallest absolute Gasteiger partial charge is 0.274 e. The number of hydrogen-bond donors (Lipinski definition) is 0. The zero-order valence-electron chi connectivity index (χ0n) is 19.3. The lowest BCUT2D eigenvalue weighted by atomic mass is 10.0. The fourth-order valence-corrected chi connectivity index (χ4v) is 4.19. The van der Waals surface area contributed by atoms with Gasteiger partial charge in [-0.2, -0.15) is 9.61 Å². The van der Waals surface area contributed by atoms with Gasteiger partial charge in [0.2, 0.25) is 0 Å². The number of amides is 1. The summed E-state index contributed by atoms with van der Waals surface area (Å²) >= 11 is 0. The number of nitrogens with zero attached hydrogens (tertiary/aromatic N) is 4. The second-order valence-electron chi connectivity index (χ2n) is 8.12. The standard InChI is InChI=1S/C24H30F2N4O2/c1-6-9-18-21(27-30-22(31)12-15(4)28(5)23(18)30)14-29(17(7-2)8-3)24(32)19-13-16(25)10-11-20(19)26/h10-13,17H,6-9,14H2,1-5H3. The zero-order valence-corrected chi connectivity index (χ0v) is 19.3. The molecule has 2 aromatic heterocycles. The Balaban J connectivity index is 2.16. The van der Waals surface area contributed by atoms with E-state index in [9.17, 15) is 18.4 Å². The Morgan fingerprint density at radius 1 is 1.16 bits per heavy atom. The van der Waals surface area contributed by atoms with E-state index in [1.807, 2.05) is 39.3 Å². The summed E-state index contributed by atoms with van der Waals surface area (Å²) < 4.78 is 31.5. The van der Waals surface area contributed by atoms with Crippen molar-refractivity contribution in [1.29, 1.82) is 0 Å². The van der Waals surface area contributed by atoms with Crippen LogP contribution in [0.25, 0.3) is 5.65 Å². The highest BCUT2D eigenvalue weighted by Crippen LogP contribution is 2.24. The molecule has 0 radical (unpaired) electrons. The molecule has 1 amide bonds. The number of fused-ring (bicyclic) bond motifs is 1. The van der Waals surface area contributed by atoms with Crippen LogP contribution < -0.4 is 5.56 Å². The van der Waals surface area contributed by atoms with Gasteiger partial charge in [0.15, 0.2) is 0 Å². The van der Waals surface area contributed by atoms with Crippen molar-refractivity contribution in [3.63, 3.8) is 0 Å². The van der Waals surface area contributed by atoms with Crippen molar-refractivity contribution in [1.82, 2.24) is 19.1 Å². The van der Waals surface area contributed by atoms with E-state index in [2.05, 4.69) is 5.10 Å². The van der Waals surface area contributed by atoms with Gasteiger partial charge in [0.05, 0.1) is 17.8 Å². The number of aryl methyl sites for hydroxylation is 3. The monoisotopic (exact) mass is 444 g/mol. The Morgan fingerprint density at radius 2 is 1.84 bits per heavy atom. The molecular formula is C24H30F2N4O2. The Kier molecular flexibility index (Phi) is 7.11. The molecule has 0 spiro atoms. The molecule has 0 aliphatic rings. The van der Waals surface area contributed by atoms with Crippen LogP contribution in [0, 0.1) is 18.6 Å². The molecule has 0 saturated carbocycles. The minimum absolute atomic E-state index is 0.108. The minimum atomic E-state index is -0.764. The number of halogens is 2. The third-order valence-electron chi connectivity index (χ3n) is 6.05. The SMILES string of the molecule is CCCc1c(CN(C(=O)c2cc(F)ccc2F)C(CC)CC)nn2c(=O)cc(C)n(C)c12. The topological polar surface area (TPSA) is 59.6 Å². The number of rotatable bonds is 8. The molecule has 1 aromatic carbocycles. The van der Waals surface area contributed by atoms with Crippen LogP contribution in [0.5, 0.6) is 0 Å². The summed E-state index contributed by atoms with van der Waals surface area (Å²) in [4.78, 5) is 27.5. The molecule has 0 aliphatic heterocycles. The Bertz CT molecular complexity index is 1190. The number of aromatic nitrogens is 3. The quantitative estimate of drug-likeness (QED) is 0.517. The zero-order chi connectivity index (χ0) is 23.6. The van der Waals surface area contributed by atoms with Gasteiger partial charge in [0.1, 0.15) is 17.3 Å². The van der Waals surface area contributed by atoms with Gasteiger partial charge in [0, 0.05) is 30.4 Å². The number of carbonyl (C=O) groups excluding carboxylic acids is 1. The van der Waals surface area contributed by atoms with Crippen molar-refractivity contribution in [3.8, 4) is 0 Å². The second-order valence-corrected chi connectivity index (χ2v) is 8.12. The lowest BCUT2D eigenvalue weighted by Crippen LogP contribution is -2.40. The van der Waals surface area contributed by atoms with Crippen molar-refractivity contribution in [2.75, 3.05) is 0 Å². The van der Waals surface area contributed by atoms with Gasteiger partial charge in [-0.25, -0.2) is 8.78 Å². The molecule has 0 fully saturated rings. The Labute approximate surface area is 186 Å². The van der Waals surface area contributed by atoms with Crippen LogP contribution in [0.4, 0.5) is 8.78 Å². The fourth-order valence-electron chi connectivity index (χ4n) is 4.19. The number of benzene rings is 1. The van der Waals surface area contributed by atoms with Gasteiger partial charge in [0.25, 0.3) is 11.5 Å². The summed E-state index contributed by atoms with van der Waals surface area (Å²) in [5.74, 6) is -2.02. The summed E-state index contributed by atoms with van der Waals surface area (Å²) in [6.07, 6.45) is 2.80. The van der Waals surface area contributed by atoms with Gasteiger partial charge in [-0.15, -0.1) is 0 Å². The highest BCUT2D eigenvalue weighted by molar-refractivity contribution is 5.94. The van der Waals surface area contributed by atoms with Crippen molar-refractivity contribution in [2.45, 2.75) is 66.0 Å². The molecule has 0 saturated heterocycles. The lowest BCUT2D eigenvalue weighted by molar-refractivity contribution is 0.0640. The molecule has 0 unspecified atom stereocenters. The highest BCUT2D eigenvalue weighted by atomic mass is 19.1. The summed E-state index contributed by atoms with van der Waals surface area (Å²) in [5, 5.41) is 4.56. The van der Waals surface area contributed by atoms with E-state index in [0.29, 0.717) is 30.6 Å². The summed E-state index contributed by atoms with van der Waals surface area (Å²) in [6, 6.07) is 4.22. The summed E-state index contributed by atoms with van der Waals surface area (Å²) in [7, 11) is 1.88. The highest BCUT2D eigenvalue weighted by Gasteiger charge is 2.28. The van der Waals surface area contributed by atoms with E-state index in [-0.39, 0.29) is 23.7 Å². The van der Waals surface area contributed by atoms with Crippen molar-refractivity contribution in [3.05, 3.63) is 68.8 Å². The molecule has 0 atom stereocenters. The van der Waals surface area contributed by atoms with Gasteiger partial charge >= 0.3 is 0 Å². The number of hydrogen-bond acceptors (Lipinski definition) is 3. The molecule has 3 aromatic rings. The van der Waals surface area contributed by atoms with Crippen molar-refractivity contribution < 1.29 is 13.6 Å². The van der Waals surface area contributed by atoms with Crippen LogP contribution in [0.2, 0.25) is 0 Å². The molecule has 32 heavy (non-hydrogen) atoms. The van der Waals surface area contributed by atoms with E-state index in [0.717, 1.165) is 35.9 Å². The lowest BCUT2D eigenvalue weighted by Gasteiger charge is -2.30. The second kappa shape index (κ2) is 9.63. The van der Waals surface area contributed by atoms with Crippen LogP contribution in [-0.2, 0) is 20.0 Å². The molecule has 172 valence electrons. The van der Waals surface area contributed by atoms with Crippen LogP contribution in [0.1, 0.15) is 67.3 Å². The predicted molar refractivity (Wildman–Crippen MR) is 120 cm³/mol. The minimum Gasteiger partial charge on any atom is -0.333 e. The summed E-state index contributed by atoms with van der Waals surface area (Å²) in [5.41, 5.74) is 2.45. The van der Waals surface area contributed by atoms with Gasteiger partial charge < -0.3 is 9.47 Å². The van der Waals surface area contributed by atoms with Crippen LogP contribution in [-0.4, -0.2) is 31.0 Å². The maximum Gasteiger partial charge on any atom is 0.274 e. The van der Waals surface area contributed by atoms with E-state index in [1.54, 1.807) is 4.90 Å². The Morgan fingerprint density at radius 3 is 2.47 bits per heavy atom. The first-order valence-electron chi connectivity index (χ1n) is 11.1. The van der Waals surface area contributed by atoms with Gasteiger partial charge in [-0.05, 0) is 44.4 Å². The largest absolute Gasteiger partial charge is 0.333 e. The van der Waals surface area contributed by atoms with Crippen molar-refractivity contribution in [2.24, 2.45) is 7.05 Å². The maximum atomic E-state index is 14.4. The maximum absolute atomic E-state index is 14.4. The molecule has 0 bridgehead atoms. The molecule has 8 heteroatoms. The van der Waals surface area contributed by atoms with E-state index in [1.165, 1.54) is 10.6 Å². The van der Waals surface area contributed by atoms with Gasteiger partial charge in [-0.1, -0.05) is 27.2 Å². The van der Waals surface area contributed by atoms with Crippen molar-refractivity contribution >= 4 is 11.6 Å². The first-order chi connectivity index (χ1) is 15.2. The summed E-state index contributed by atoms with van der Waals surface area (Å²) in [6.45, 7) is 7.90. The molecule has 6 nitrogen and oxygen atoms in total. The fraction of sp³-hybridized carbons (Fsp3) is 0.458. The number of carbonyl (C=O) groups is 1. The normalized spacial score (nSPS) is 11.5. The van der Waals surface area contributed by atoms with E-state index < -0.39 is 17.5 Å². The average Bonchev–Trinajstić information content (AvgIpc) is 3.12. The molecule has 2 heterocycles. The van der Waals surface area contributed by atoms with Crippen LogP contribution in [0.3, 0.4) is 0 Å². The average molecular weight is 445 g/mol. The molecule has 0 aliphatic carbocycles. The first kappa shape index (κ1) is 23.6. The van der Waals surface area contributed by atoms with E-state index >= 15 is 0 Å². The predicted octanol–water partition coefficient (Wildman–Crippen LogP) is 4.40. The van der Waals surface area contributed by atoms with Crippen LogP contribution >= 0.6 is 0 Å². The molecule has 3 rings (SSSR count). The third kappa shape index (κ3) is 4.31. The molecular weight excluding hydrogens is 414 g/mol. The van der Waals surface area contributed by atoms with E-state index in [4.69, 9.17) is 0 Å². The third-order valence-corrected chi connectivity index (χ3v) is 6.05.